The molecule has 0 radical (unpaired) electrons. The number of nitrogens with two attached hydrogens (primary N) is 2. The molecule has 0 spiro atoms. The Hall–Kier alpha value is -2.60. The largest absolute Gasteiger partial charge is 0.399 e. The molecule has 6 heteroatoms. The monoisotopic (exact) mass is 281 g/mol. The number of hydrogen-bond donors (Lipinski definition) is 3. The van der Waals surface area contributed by atoms with Crippen molar-refractivity contribution in [2.24, 2.45) is 0 Å². The standard InChI is InChI=1S/C14H11N5S/c15-8-2-4-9-11(6-8)18-13(17-9)7-1-3-10-12(5-7)20-14(16)19-10/h1-6H,15H2,(H2,16,19)(H,17,18). The van der Waals surface area contributed by atoms with Gasteiger partial charge in [0.1, 0.15) is 5.82 Å². The van der Waals surface area contributed by atoms with Crippen LogP contribution in [0.2, 0.25) is 0 Å². The molecule has 5 N–H and O–H groups in total. The van der Waals surface area contributed by atoms with Crippen molar-refractivity contribution < 1.29 is 0 Å². The normalized spacial score (nSPS) is 11.4. The number of H-pyrrole nitrogens is 1. The van der Waals surface area contributed by atoms with Gasteiger partial charge in [-0.2, -0.15) is 0 Å². The third-order valence-electron chi connectivity index (χ3n) is 3.18. The number of imidazole rings is 1. The molecule has 0 aliphatic carbocycles. The summed E-state index contributed by atoms with van der Waals surface area (Å²) in [5.74, 6) is 0.819. The molecule has 0 atom stereocenters. The molecule has 0 aliphatic rings. The van der Waals surface area contributed by atoms with Crippen molar-refractivity contribution in [1.82, 2.24) is 15.0 Å². The van der Waals surface area contributed by atoms with Gasteiger partial charge in [-0.25, -0.2) is 9.97 Å². The van der Waals surface area contributed by atoms with Crippen LogP contribution < -0.4 is 11.5 Å². The Kier molecular flexibility index (Phi) is 2.22. The maximum absolute atomic E-state index is 5.78. The second-order valence-electron chi connectivity index (χ2n) is 4.60. The first-order chi connectivity index (χ1) is 9.69. The zero-order valence-electron chi connectivity index (χ0n) is 10.4. The predicted molar refractivity (Wildman–Crippen MR) is 83.5 cm³/mol. The highest BCUT2D eigenvalue weighted by Crippen LogP contribution is 2.29. The van der Waals surface area contributed by atoms with Crippen LogP contribution in [0.15, 0.2) is 36.4 Å². The molecule has 0 aliphatic heterocycles. The zero-order chi connectivity index (χ0) is 13.7. The van der Waals surface area contributed by atoms with Crippen LogP contribution >= 0.6 is 11.3 Å². The number of nitrogens with one attached hydrogen (secondary N) is 1. The first-order valence-corrected chi connectivity index (χ1v) is 6.92. The first-order valence-electron chi connectivity index (χ1n) is 6.11. The summed E-state index contributed by atoms with van der Waals surface area (Å²) in [5, 5.41) is 0.578. The van der Waals surface area contributed by atoms with E-state index in [1.807, 2.05) is 36.4 Å². The summed E-state index contributed by atoms with van der Waals surface area (Å²) < 4.78 is 1.06. The number of anilines is 2. The van der Waals surface area contributed by atoms with Gasteiger partial charge in [0.25, 0.3) is 0 Å². The lowest BCUT2D eigenvalue weighted by Gasteiger charge is -1.95. The minimum atomic E-state index is 0.578. The number of aromatic amines is 1. The maximum Gasteiger partial charge on any atom is 0.181 e. The third-order valence-corrected chi connectivity index (χ3v) is 4.03. The van der Waals surface area contributed by atoms with Crippen molar-refractivity contribution in [1.29, 1.82) is 0 Å². The van der Waals surface area contributed by atoms with E-state index in [1.165, 1.54) is 11.3 Å². The van der Waals surface area contributed by atoms with E-state index < -0.39 is 0 Å². The molecule has 0 fully saturated rings. The van der Waals surface area contributed by atoms with Crippen molar-refractivity contribution in [2.45, 2.75) is 0 Å². The van der Waals surface area contributed by atoms with Crippen molar-refractivity contribution >= 4 is 43.4 Å². The lowest BCUT2D eigenvalue weighted by molar-refractivity contribution is 1.34. The molecule has 20 heavy (non-hydrogen) atoms. The molecule has 0 amide bonds. The average molecular weight is 281 g/mol. The molecule has 4 aromatic rings. The van der Waals surface area contributed by atoms with Gasteiger partial charge in [0.05, 0.1) is 21.3 Å². The molecule has 0 saturated carbocycles. The van der Waals surface area contributed by atoms with E-state index in [-0.39, 0.29) is 0 Å². The summed E-state index contributed by atoms with van der Waals surface area (Å²) in [5.41, 5.74) is 16.0. The van der Waals surface area contributed by atoms with Gasteiger partial charge >= 0.3 is 0 Å². The quantitative estimate of drug-likeness (QED) is 0.467. The first kappa shape index (κ1) is 11.2. The summed E-state index contributed by atoms with van der Waals surface area (Å²) in [6, 6.07) is 11.6. The van der Waals surface area contributed by atoms with Gasteiger partial charge in [0.2, 0.25) is 0 Å². The van der Waals surface area contributed by atoms with E-state index in [1.54, 1.807) is 0 Å². The molecule has 2 aromatic carbocycles. The summed E-state index contributed by atoms with van der Waals surface area (Å²) in [6.45, 7) is 0. The van der Waals surface area contributed by atoms with Crippen molar-refractivity contribution in [3.8, 4) is 11.4 Å². The van der Waals surface area contributed by atoms with Crippen molar-refractivity contribution in [3.05, 3.63) is 36.4 Å². The minimum absolute atomic E-state index is 0.578. The summed E-state index contributed by atoms with van der Waals surface area (Å²) in [7, 11) is 0. The van der Waals surface area contributed by atoms with Crippen LogP contribution in [0.5, 0.6) is 0 Å². The lowest BCUT2D eigenvalue weighted by Crippen LogP contribution is -1.82. The third kappa shape index (κ3) is 1.70. The molecule has 2 aromatic heterocycles. The predicted octanol–water partition coefficient (Wildman–Crippen LogP) is 3.00. The number of rotatable bonds is 1. The number of fused-ring (bicyclic) bond motifs is 2. The smallest absolute Gasteiger partial charge is 0.181 e. The van der Waals surface area contributed by atoms with Crippen molar-refractivity contribution in [2.75, 3.05) is 11.5 Å². The number of hydrogen-bond acceptors (Lipinski definition) is 5. The highest BCUT2D eigenvalue weighted by Gasteiger charge is 2.08. The fourth-order valence-corrected chi connectivity index (χ4v) is 3.03. The van der Waals surface area contributed by atoms with Gasteiger partial charge in [0.15, 0.2) is 5.13 Å². The Morgan fingerprint density at radius 2 is 1.80 bits per heavy atom. The summed E-state index contributed by atoms with van der Waals surface area (Å²) in [4.78, 5) is 12.1. The Labute approximate surface area is 118 Å². The second-order valence-corrected chi connectivity index (χ2v) is 5.66. The minimum Gasteiger partial charge on any atom is -0.399 e. The van der Waals surface area contributed by atoms with E-state index in [0.29, 0.717) is 5.13 Å². The molecule has 0 bridgehead atoms. The molecule has 5 nitrogen and oxygen atoms in total. The van der Waals surface area contributed by atoms with E-state index in [0.717, 1.165) is 38.3 Å². The SMILES string of the molecule is Nc1ccc2nc(-c3ccc4nc(N)sc4c3)[nH]c2c1. The second kappa shape index (κ2) is 3.94. The summed E-state index contributed by atoms with van der Waals surface area (Å²) in [6.07, 6.45) is 0. The van der Waals surface area contributed by atoms with Gasteiger partial charge in [-0.3, -0.25) is 0 Å². The van der Waals surface area contributed by atoms with E-state index >= 15 is 0 Å². The Morgan fingerprint density at radius 3 is 2.70 bits per heavy atom. The van der Waals surface area contributed by atoms with Gasteiger partial charge in [-0.15, -0.1) is 0 Å². The number of nitrogens with zero attached hydrogens (tertiary/aromatic N) is 2. The molecule has 98 valence electrons. The van der Waals surface area contributed by atoms with Crippen LogP contribution in [0.1, 0.15) is 0 Å². The Balaban J connectivity index is 1.90. The maximum atomic E-state index is 5.78. The van der Waals surface area contributed by atoms with Gasteiger partial charge in [-0.1, -0.05) is 11.3 Å². The molecular weight excluding hydrogens is 270 g/mol. The van der Waals surface area contributed by atoms with Crippen LogP contribution in [0, 0.1) is 0 Å². The van der Waals surface area contributed by atoms with Crippen LogP contribution in [0.25, 0.3) is 32.6 Å². The highest BCUT2D eigenvalue weighted by atomic mass is 32.1. The molecule has 0 saturated heterocycles. The highest BCUT2D eigenvalue weighted by molar-refractivity contribution is 7.22. The van der Waals surface area contributed by atoms with E-state index in [9.17, 15) is 0 Å². The molecule has 0 unspecified atom stereocenters. The van der Waals surface area contributed by atoms with Crippen molar-refractivity contribution in [3.63, 3.8) is 0 Å². The van der Waals surface area contributed by atoms with Gasteiger partial charge in [0, 0.05) is 11.3 Å². The van der Waals surface area contributed by atoms with Crippen LogP contribution in [0.4, 0.5) is 10.8 Å². The molecule has 4 rings (SSSR count). The lowest BCUT2D eigenvalue weighted by atomic mass is 10.2. The number of thiazole rings is 1. The van der Waals surface area contributed by atoms with Gasteiger partial charge < -0.3 is 16.5 Å². The zero-order valence-corrected chi connectivity index (χ0v) is 11.2. The van der Waals surface area contributed by atoms with Crippen LogP contribution in [-0.2, 0) is 0 Å². The van der Waals surface area contributed by atoms with Crippen LogP contribution in [-0.4, -0.2) is 15.0 Å². The number of aromatic nitrogens is 3. The van der Waals surface area contributed by atoms with Gasteiger partial charge in [-0.05, 0) is 36.4 Å². The number of benzene rings is 2. The van der Waals surface area contributed by atoms with Crippen LogP contribution in [0.3, 0.4) is 0 Å². The fraction of sp³-hybridized carbons (Fsp3) is 0. The topological polar surface area (TPSA) is 93.6 Å². The van der Waals surface area contributed by atoms with E-state index in [4.69, 9.17) is 11.5 Å². The Bertz CT molecular complexity index is 937. The fourth-order valence-electron chi connectivity index (χ4n) is 2.25. The molecule has 2 heterocycles. The number of nitrogen functional groups attached to an aromatic ring is 2. The average Bonchev–Trinajstić information content (AvgIpc) is 2.99. The Morgan fingerprint density at radius 1 is 0.950 bits per heavy atom. The van der Waals surface area contributed by atoms with E-state index in [2.05, 4.69) is 15.0 Å². The summed E-state index contributed by atoms with van der Waals surface area (Å²) >= 11 is 1.48. The molecular formula is C14H11N5S.